The first-order chi connectivity index (χ1) is 11.4. The second-order valence-corrected chi connectivity index (χ2v) is 5.07. The monoisotopic (exact) mass is 366 g/mol. The van der Waals surface area contributed by atoms with Gasteiger partial charge in [-0.3, -0.25) is 0 Å². The van der Waals surface area contributed by atoms with Crippen molar-refractivity contribution in [2.45, 2.75) is 32.6 Å². The molecule has 0 aliphatic heterocycles. The molecule has 0 unspecified atom stereocenters. The van der Waals surface area contributed by atoms with Crippen molar-refractivity contribution in [1.82, 2.24) is 9.97 Å². The van der Waals surface area contributed by atoms with Gasteiger partial charge in [-0.05, 0) is 36.6 Å². The molecule has 2 heterocycles. The van der Waals surface area contributed by atoms with Crippen molar-refractivity contribution in [2.24, 2.45) is 0 Å². The third-order valence-corrected chi connectivity index (χ3v) is 3.05. The average Bonchev–Trinajstić information content (AvgIpc) is 2.48. The fourth-order valence-electron chi connectivity index (χ4n) is 1.75. The first kappa shape index (κ1) is 20.5. The number of hydrogen-bond donors (Lipinski definition) is 2. The molecular weight excluding hydrogens is 350 g/mol. The Kier molecular flexibility index (Phi) is 6.22. The van der Waals surface area contributed by atoms with Gasteiger partial charge < -0.3 is 11.5 Å². The summed E-state index contributed by atoms with van der Waals surface area (Å²) in [5.41, 5.74) is 9.39. The Bertz CT molecular complexity index is 725. The Morgan fingerprint density at radius 1 is 0.840 bits per heavy atom. The number of rotatable bonds is 1. The summed E-state index contributed by atoms with van der Waals surface area (Å²) in [5, 5.41) is 0. The number of aromatic nitrogens is 2. The van der Waals surface area contributed by atoms with Crippen molar-refractivity contribution < 1.29 is 26.3 Å². The zero-order valence-corrected chi connectivity index (χ0v) is 13.3. The van der Waals surface area contributed by atoms with E-state index in [-0.39, 0.29) is 0 Å². The Morgan fingerprint density at radius 3 is 1.68 bits per heavy atom. The summed E-state index contributed by atoms with van der Waals surface area (Å²) in [7, 11) is 0. The minimum absolute atomic E-state index is 0.441. The quantitative estimate of drug-likeness (QED) is 0.740. The second-order valence-electron chi connectivity index (χ2n) is 5.07. The smallest absolute Gasteiger partial charge is 0.383 e. The lowest BCUT2D eigenvalue weighted by molar-refractivity contribution is -0.138. The Labute approximate surface area is 139 Å². The van der Waals surface area contributed by atoms with Crippen molar-refractivity contribution in [3.8, 4) is 0 Å². The summed E-state index contributed by atoms with van der Waals surface area (Å²) in [6.07, 6.45) is -5.67. The molecule has 0 bridgehead atoms. The molecule has 0 aliphatic carbocycles. The molecule has 2 aromatic heterocycles. The molecule has 0 aliphatic rings. The van der Waals surface area contributed by atoms with Gasteiger partial charge in [0.2, 0.25) is 0 Å². The van der Waals surface area contributed by atoms with Gasteiger partial charge in [-0.15, -0.1) is 0 Å². The summed E-state index contributed by atoms with van der Waals surface area (Å²) in [6, 6.07) is 2.00. The van der Waals surface area contributed by atoms with E-state index in [2.05, 4.69) is 9.97 Å². The van der Waals surface area contributed by atoms with E-state index < -0.39 is 35.1 Å². The maximum atomic E-state index is 12.2. The van der Waals surface area contributed by atoms with Crippen LogP contribution in [0.15, 0.2) is 24.5 Å². The van der Waals surface area contributed by atoms with E-state index in [0.717, 1.165) is 12.1 Å². The van der Waals surface area contributed by atoms with E-state index >= 15 is 0 Å². The number of aryl methyl sites for hydroxylation is 2. The van der Waals surface area contributed by atoms with Crippen LogP contribution < -0.4 is 11.5 Å². The summed E-state index contributed by atoms with van der Waals surface area (Å²) < 4.78 is 73.1. The molecule has 0 fully saturated rings. The van der Waals surface area contributed by atoms with Gasteiger partial charge in [0.25, 0.3) is 0 Å². The molecular formula is C15H16F6N4. The van der Waals surface area contributed by atoms with Crippen LogP contribution in [0.2, 0.25) is 0 Å². The maximum Gasteiger partial charge on any atom is 0.419 e. The molecule has 0 spiro atoms. The molecule has 2 rings (SSSR count). The van der Waals surface area contributed by atoms with E-state index in [0.29, 0.717) is 17.5 Å². The first-order valence-corrected chi connectivity index (χ1v) is 6.97. The standard InChI is InChI=1S/C8H9F3N2.C7H7F3N2/c1-2-5-3-6(8(9,10)11)7(12)13-4-5;1-4-2-5(7(8,9)10)6(11)12-3-4/h3-4H,2H2,1H3,(H2,12,13);2-3H,1H3,(H2,11,12). The Morgan fingerprint density at radius 2 is 1.28 bits per heavy atom. The number of anilines is 2. The number of hydrogen-bond acceptors (Lipinski definition) is 4. The fourth-order valence-corrected chi connectivity index (χ4v) is 1.75. The Hall–Kier alpha value is -2.52. The van der Waals surface area contributed by atoms with Gasteiger partial charge in [-0.1, -0.05) is 6.92 Å². The number of alkyl halides is 6. The third-order valence-electron chi connectivity index (χ3n) is 3.05. The lowest BCUT2D eigenvalue weighted by Gasteiger charge is -2.09. The molecule has 25 heavy (non-hydrogen) atoms. The van der Waals surface area contributed by atoms with Crippen LogP contribution in [0, 0.1) is 6.92 Å². The molecule has 2 aromatic rings. The molecule has 4 N–H and O–H groups in total. The highest BCUT2D eigenvalue weighted by Crippen LogP contribution is 2.33. The van der Waals surface area contributed by atoms with Crippen molar-refractivity contribution in [1.29, 1.82) is 0 Å². The van der Waals surface area contributed by atoms with Crippen LogP contribution in [-0.4, -0.2) is 9.97 Å². The molecule has 4 nitrogen and oxygen atoms in total. The van der Waals surface area contributed by atoms with Gasteiger partial charge in [0.05, 0.1) is 11.1 Å². The lowest BCUT2D eigenvalue weighted by Crippen LogP contribution is -2.10. The zero-order valence-electron chi connectivity index (χ0n) is 13.3. The minimum Gasteiger partial charge on any atom is -0.383 e. The van der Waals surface area contributed by atoms with Gasteiger partial charge in [0.1, 0.15) is 11.6 Å². The fraction of sp³-hybridized carbons (Fsp3) is 0.333. The molecule has 0 saturated heterocycles. The van der Waals surface area contributed by atoms with Crippen molar-refractivity contribution in [3.63, 3.8) is 0 Å². The van der Waals surface area contributed by atoms with E-state index in [1.54, 1.807) is 6.92 Å². The number of halogens is 6. The van der Waals surface area contributed by atoms with Gasteiger partial charge in [0.15, 0.2) is 0 Å². The third kappa shape index (κ3) is 5.80. The van der Waals surface area contributed by atoms with Crippen LogP contribution in [-0.2, 0) is 18.8 Å². The van der Waals surface area contributed by atoms with Gasteiger partial charge in [0, 0.05) is 12.4 Å². The Balaban J connectivity index is 0.000000251. The van der Waals surface area contributed by atoms with Crippen molar-refractivity contribution >= 4 is 11.6 Å². The second kappa shape index (κ2) is 7.58. The SMILES string of the molecule is CCc1cnc(N)c(C(F)(F)F)c1.Cc1cnc(N)c(C(F)(F)F)c1. The molecule has 138 valence electrons. The highest BCUT2D eigenvalue weighted by Gasteiger charge is 2.34. The van der Waals surface area contributed by atoms with E-state index in [4.69, 9.17) is 11.5 Å². The topological polar surface area (TPSA) is 77.8 Å². The predicted octanol–water partition coefficient (Wildman–Crippen LogP) is 4.24. The number of nitrogens with two attached hydrogens (primary N) is 2. The van der Waals surface area contributed by atoms with Crippen LogP contribution in [0.3, 0.4) is 0 Å². The van der Waals surface area contributed by atoms with Gasteiger partial charge in [-0.2, -0.15) is 26.3 Å². The molecule has 0 saturated carbocycles. The molecule has 0 aromatic carbocycles. The maximum absolute atomic E-state index is 12.2. The highest BCUT2D eigenvalue weighted by molar-refractivity contribution is 5.43. The largest absolute Gasteiger partial charge is 0.419 e. The van der Waals surface area contributed by atoms with E-state index in [1.165, 1.54) is 19.3 Å². The minimum atomic E-state index is -4.41. The van der Waals surface area contributed by atoms with E-state index in [1.807, 2.05) is 0 Å². The van der Waals surface area contributed by atoms with Crippen molar-refractivity contribution in [3.05, 3.63) is 46.8 Å². The van der Waals surface area contributed by atoms with Crippen LogP contribution in [0.1, 0.15) is 29.2 Å². The zero-order chi connectivity index (χ0) is 19.4. The molecule has 0 radical (unpaired) electrons. The summed E-state index contributed by atoms with van der Waals surface area (Å²) in [5.74, 6) is -0.946. The average molecular weight is 366 g/mol. The van der Waals surface area contributed by atoms with Gasteiger partial charge in [-0.25, -0.2) is 9.97 Å². The van der Waals surface area contributed by atoms with Crippen LogP contribution in [0.5, 0.6) is 0 Å². The number of pyridine rings is 2. The normalized spacial score (nSPS) is 11.7. The predicted molar refractivity (Wildman–Crippen MR) is 81.4 cm³/mol. The first-order valence-electron chi connectivity index (χ1n) is 6.97. The molecule has 0 atom stereocenters. The summed E-state index contributed by atoms with van der Waals surface area (Å²) in [4.78, 5) is 6.88. The summed E-state index contributed by atoms with van der Waals surface area (Å²) >= 11 is 0. The highest BCUT2D eigenvalue weighted by atomic mass is 19.4. The number of nitrogens with zero attached hydrogens (tertiary/aromatic N) is 2. The lowest BCUT2D eigenvalue weighted by atomic mass is 10.1. The van der Waals surface area contributed by atoms with E-state index in [9.17, 15) is 26.3 Å². The van der Waals surface area contributed by atoms with Crippen LogP contribution in [0.4, 0.5) is 38.0 Å². The van der Waals surface area contributed by atoms with Crippen molar-refractivity contribution in [2.75, 3.05) is 11.5 Å². The molecule has 10 heteroatoms. The number of nitrogen functional groups attached to an aromatic ring is 2. The van der Waals surface area contributed by atoms with Gasteiger partial charge >= 0.3 is 12.4 Å². The summed E-state index contributed by atoms with van der Waals surface area (Å²) in [6.45, 7) is 3.29. The van der Waals surface area contributed by atoms with Crippen LogP contribution >= 0.6 is 0 Å². The van der Waals surface area contributed by atoms with Crippen LogP contribution in [0.25, 0.3) is 0 Å². The molecule has 0 amide bonds.